The molecule has 1 heterocycles. The van der Waals surface area contributed by atoms with Crippen LogP contribution in [0.15, 0.2) is 46.7 Å². The third-order valence-electron chi connectivity index (χ3n) is 4.02. The molecule has 0 fully saturated rings. The maximum atomic E-state index is 11.4. The molecule has 4 nitrogen and oxygen atoms in total. The number of quaternary nitrogens is 1. The number of carbonyl (C=O) groups is 1. The normalized spacial score (nSPS) is 22.0. The van der Waals surface area contributed by atoms with Crippen molar-refractivity contribution >= 4 is 29.1 Å². The molecule has 2 N–H and O–H groups in total. The summed E-state index contributed by atoms with van der Waals surface area (Å²) < 4.78 is 0.416. The minimum Gasteiger partial charge on any atom is -0.288 e. The van der Waals surface area contributed by atoms with E-state index >= 15 is 0 Å². The van der Waals surface area contributed by atoms with Gasteiger partial charge < -0.3 is 0 Å². The van der Waals surface area contributed by atoms with Crippen molar-refractivity contribution in [2.45, 2.75) is 25.8 Å². The summed E-state index contributed by atoms with van der Waals surface area (Å²) in [5, 5.41) is 9.83. The fraction of sp³-hybridized carbons (Fsp3) is 0.312. The maximum Gasteiger partial charge on any atom is 0.274 e. The van der Waals surface area contributed by atoms with E-state index in [2.05, 4.69) is 6.92 Å². The van der Waals surface area contributed by atoms with Gasteiger partial charge in [-0.1, -0.05) is 37.1 Å². The number of hydroxylamine groups is 1. The minimum atomic E-state index is -0.527. The van der Waals surface area contributed by atoms with E-state index in [1.54, 1.807) is 17.6 Å². The Hall–Kier alpha value is -1.33. The van der Waals surface area contributed by atoms with Gasteiger partial charge in [-0.15, -0.1) is 0 Å². The van der Waals surface area contributed by atoms with Crippen LogP contribution in [0.3, 0.4) is 0 Å². The zero-order valence-electron chi connectivity index (χ0n) is 12.5. The van der Waals surface area contributed by atoms with Crippen LogP contribution in [0.1, 0.15) is 41.7 Å². The van der Waals surface area contributed by atoms with E-state index in [0.717, 1.165) is 18.4 Å². The lowest BCUT2D eigenvalue weighted by molar-refractivity contribution is -0.845. The molecule has 0 aromatic heterocycles. The Morgan fingerprint density at radius 1 is 1.32 bits per heavy atom. The Bertz CT molecular complexity index is 626. The summed E-state index contributed by atoms with van der Waals surface area (Å²) in [6.45, 7) is 2.12. The molecule has 1 amide bonds. The average Bonchev–Trinajstić information content (AvgIpc) is 2.80. The summed E-state index contributed by atoms with van der Waals surface area (Å²) in [5.74, 6) is -0.527. The number of halogens is 2. The number of amides is 1. The third kappa shape index (κ3) is 3.06. The summed E-state index contributed by atoms with van der Waals surface area (Å²) in [7, 11) is 2.02. The second-order valence-electron chi connectivity index (χ2n) is 5.47. The molecule has 1 aromatic carbocycles. The molecule has 0 bridgehead atoms. The predicted molar refractivity (Wildman–Crippen MR) is 87.4 cm³/mol. The highest BCUT2D eigenvalue weighted by molar-refractivity contribution is 6.39. The standard InChI is InChI=1S/C16H18Cl2N2O2/c1-3-4-14(20(2)10-9-13(17)15(20)18)11-5-7-12(8-6-11)16(21)19-22/h5-10,14H,3-4H2,1-2H3,(H-,19,21,22)/p+1/t14-,20?/m1/s1. The van der Waals surface area contributed by atoms with Crippen LogP contribution in [0, 0.1) is 0 Å². The Balaban J connectivity index is 2.37. The molecule has 0 radical (unpaired) electrons. The van der Waals surface area contributed by atoms with Crippen molar-refractivity contribution < 1.29 is 14.5 Å². The van der Waals surface area contributed by atoms with Gasteiger partial charge in [0.1, 0.15) is 17.3 Å². The highest BCUT2D eigenvalue weighted by Gasteiger charge is 2.39. The largest absolute Gasteiger partial charge is 0.288 e. The summed E-state index contributed by atoms with van der Waals surface area (Å²) in [6.07, 6.45) is 5.72. The van der Waals surface area contributed by atoms with E-state index in [9.17, 15) is 4.79 Å². The number of nitrogens with zero attached hydrogens (tertiary/aromatic N) is 1. The molecule has 2 rings (SSSR count). The van der Waals surface area contributed by atoms with E-state index < -0.39 is 5.91 Å². The van der Waals surface area contributed by atoms with Crippen molar-refractivity contribution in [1.82, 2.24) is 5.48 Å². The van der Waals surface area contributed by atoms with Gasteiger partial charge in [0.2, 0.25) is 5.16 Å². The highest BCUT2D eigenvalue weighted by atomic mass is 35.5. The average molecular weight is 342 g/mol. The zero-order valence-corrected chi connectivity index (χ0v) is 14.0. The van der Waals surface area contributed by atoms with Gasteiger partial charge in [-0.05, 0) is 23.7 Å². The summed E-state index contributed by atoms with van der Waals surface area (Å²) >= 11 is 12.5. The zero-order chi connectivity index (χ0) is 16.3. The smallest absolute Gasteiger partial charge is 0.274 e. The van der Waals surface area contributed by atoms with Gasteiger partial charge in [0.25, 0.3) is 5.91 Å². The molecule has 1 unspecified atom stereocenters. The molecule has 118 valence electrons. The van der Waals surface area contributed by atoms with Crippen LogP contribution < -0.4 is 5.48 Å². The van der Waals surface area contributed by atoms with Gasteiger partial charge in [-0.2, -0.15) is 0 Å². The number of hydrogen-bond acceptors (Lipinski definition) is 2. The molecule has 1 aliphatic rings. The van der Waals surface area contributed by atoms with Crippen LogP contribution in [0.2, 0.25) is 0 Å². The molecule has 0 saturated heterocycles. The molecule has 0 saturated carbocycles. The van der Waals surface area contributed by atoms with Gasteiger partial charge in [0.15, 0.2) is 0 Å². The van der Waals surface area contributed by atoms with Crippen molar-refractivity contribution in [2.24, 2.45) is 0 Å². The van der Waals surface area contributed by atoms with E-state index in [0.29, 0.717) is 20.2 Å². The predicted octanol–water partition coefficient (Wildman–Crippen LogP) is 4.27. The molecule has 0 spiro atoms. The Morgan fingerprint density at radius 2 is 1.95 bits per heavy atom. The van der Waals surface area contributed by atoms with Crippen LogP contribution in [-0.4, -0.2) is 22.6 Å². The van der Waals surface area contributed by atoms with E-state index in [1.165, 1.54) is 0 Å². The van der Waals surface area contributed by atoms with Gasteiger partial charge in [0.05, 0.1) is 7.05 Å². The number of hydrogen-bond donors (Lipinski definition) is 2. The lowest BCUT2D eigenvalue weighted by Gasteiger charge is -2.35. The molecule has 22 heavy (non-hydrogen) atoms. The number of carbonyl (C=O) groups excluding carboxylic acids is 1. The van der Waals surface area contributed by atoms with E-state index in [1.807, 2.05) is 31.5 Å². The van der Waals surface area contributed by atoms with E-state index in [4.69, 9.17) is 28.4 Å². The Morgan fingerprint density at radius 3 is 2.41 bits per heavy atom. The second kappa shape index (κ2) is 6.84. The van der Waals surface area contributed by atoms with Crippen molar-refractivity contribution in [3.05, 3.63) is 57.9 Å². The van der Waals surface area contributed by atoms with E-state index in [-0.39, 0.29) is 6.04 Å². The van der Waals surface area contributed by atoms with Crippen molar-refractivity contribution in [1.29, 1.82) is 0 Å². The molecule has 6 heteroatoms. The first-order valence-corrected chi connectivity index (χ1v) is 7.85. The third-order valence-corrected chi connectivity index (χ3v) is 4.99. The molecule has 1 aliphatic heterocycles. The van der Waals surface area contributed by atoms with Crippen LogP contribution in [0.4, 0.5) is 0 Å². The van der Waals surface area contributed by atoms with Gasteiger partial charge in [-0.3, -0.25) is 10.0 Å². The first kappa shape index (κ1) is 17.0. The van der Waals surface area contributed by atoms with Gasteiger partial charge in [0, 0.05) is 23.6 Å². The molecular weight excluding hydrogens is 323 g/mol. The molecule has 1 aromatic rings. The maximum absolute atomic E-state index is 11.4. The Kier molecular flexibility index (Phi) is 5.29. The number of nitrogens with one attached hydrogen (secondary N) is 1. The first-order valence-electron chi connectivity index (χ1n) is 7.09. The lowest BCUT2D eigenvalue weighted by Crippen LogP contribution is -2.38. The fourth-order valence-electron chi connectivity index (χ4n) is 2.76. The topological polar surface area (TPSA) is 49.3 Å². The molecular formula is C16H19Cl2N2O2+. The van der Waals surface area contributed by atoms with Crippen LogP contribution >= 0.6 is 23.2 Å². The number of benzene rings is 1. The fourth-order valence-corrected chi connectivity index (χ4v) is 3.24. The van der Waals surface area contributed by atoms with Crippen LogP contribution in [0.25, 0.3) is 0 Å². The minimum absolute atomic E-state index is 0.108. The van der Waals surface area contributed by atoms with Gasteiger partial charge >= 0.3 is 0 Å². The second-order valence-corrected chi connectivity index (χ2v) is 6.23. The monoisotopic (exact) mass is 341 g/mol. The number of rotatable bonds is 5. The Labute approximate surface area is 140 Å². The van der Waals surface area contributed by atoms with Crippen LogP contribution in [0.5, 0.6) is 0 Å². The van der Waals surface area contributed by atoms with Crippen molar-refractivity contribution in [3.63, 3.8) is 0 Å². The van der Waals surface area contributed by atoms with Gasteiger partial charge in [-0.25, -0.2) is 9.96 Å². The lowest BCUT2D eigenvalue weighted by atomic mass is 9.98. The molecule has 2 atom stereocenters. The molecule has 0 aliphatic carbocycles. The summed E-state index contributed by atoms with van der Waals surface area (Å²) in [4.78, 5) is 11.4. The van der Waals surface area contributed by atoms with Crippen molar-refractivity contribution in [2.75, 3.05) is 7.05 Å². The highest BCUT2D eigenvalue weighted by Crippen LogP contribution is 2.43. The van der Waals surface area contributed by atoms with Crippen LogP contribution in [-0.2, 0) is 0 Å². The summed E-state index contributed by atoms with van der Waals surface area (Å²) in [6, 6.07) is 7.26. The first-order chi connectivity index (χ1) is 10.4. The number of allylic oxidation sites excluding steroid dienone is 2. The summed E-state index contributed by atoms with van der Waals surface area (Å²) in [5.41, 5.74) is 3.10. The SMILES string of the molecule is CCC[C@H](c1ccc(C(=O)NO)cc1)[N+]1(C)C=CC(Cl)=C1Cl. The van der Waals surface area contributed by atoms with Crippen molar-refractivity contribution in [3.8, 4) is 0 Å². The quantitative estimate of drug-likeness (QED) is 0.363.